The molecule has 2 atom stereocenters. The van der Waals surface area contributed by atoms with Gasteiger partial charge in [0, 0.05) is 13.1 Å². The van der Waals surface area contributed by atoms with Crippen LogP contribution in [0.3, 0.4) is 0 Å². The molecule has 13 heteroatoms. The maximum atomic E-state index is 14.9. The lowest BCUT2D eigenvalue weighted by molar-refractivity contribution is -0.156. The van der Waals surface area contributed by atoms with Gasteiger partial charge in [0.1, 0.15) is 18.5 Å². The van der Waals surface area contributed by atoms with E-state index in [2.05, 4.69) is 10.6 Å². The minimum absolute atomic E-state index is 0.0334. The molecule has 0 spiro atoms. The van der Waals surface area contributed by atoms with E-state index in [1.165, 1.54) is 18.7 Å². The van der Waals surface area contributed by atoms with E-state index in [0.29, 0.717) is 12.0 Å². The van der Waals surface area contributed by atoms with E-state index < -0.39 is 71.4 Å². The number of carbonyl (C=O) groups is 6. The number of nitrogens with one attached hydrogen (secondary N) is 3. The summed E-state index contributed by atoms with van der Waals surface area (Å²) < 4.78 is 34.6. The van der Waals surface area contributed by atoms with Gasteiger partial charge in [0.25, 0.3) is 11.7 Å². The first kappa shape index (κ1) is 34.0. The minimum atomic E-state index is -4.48. The number of nitrogens with zero attached hydrogens (tertiary/aromatic N) is 1. The highest BCUT2D eigenvalue weighted by molar-refractivity contribution is 6.16. The number of allylic oxidation sites excluding steroid dienone is 2. The SMILES string of the molecule is CCOC(=O)CC(=O)N[C@H](C(=O)N1CCCC1C(=O)NC(C(=O)C(F)(F)C(=O)NCc1ccccc1)=C(C)C)C(C)C. The average molecular weight is 593 g/mol. The second kappa shape index (κ2) is 15.2. The second-order valence-corrected chi connectivity index (χ2v) is 10.4. The number of Topliss-reactive ketones (excluding diaryl/α,β-unsaturated/α-hetero) is 1. The highest BCUT2D eigenvalue weighted by atomic mass is 19.3. The van der Waals surface area contributed by atoms with Gasteiger partial charge in [-0.05, 0) is 50.7 Å². The number of ether oxygens (including phenoxy) is 1. The topological polar surface area (TPSA) is 151 Å². The van der Waals surface area contributed by atoms with E-state index in [1.807, 2.05) is 5.32 Å². The number of amides is 4. The lowest BCUT2D eigenvalue weighted by Gasteiger charge is -2.30. The number of hydrogen-bond acceptors (Lipinski definition) is 7. The van der Waals surface area contributed by atoms with E-state index in [1.54, 1.807) is 51.1 Å². The number of benzene rings is 1. The van der Waals surface area contributed by atoms with Crippen molar-refractivity contribution in [2.45, 2.75) is 78.4 Å². The third-order valence-electron chi connectivity index (χ3n) is 6.54. The third kappa shape index (κ3) is 8.92. The van der Waals surface area contributed by atoms with E-state index >= 15 is 0 Å². The normalized spacial score (nSPS) is 15.4. The van der Waals surface area contributed by atoms with Gasteiger partial charge in [0.05, 0.1) is 12.3 Å². The molecular formula is C29H38F2N4O7. The Morgan fingerprint density at radius 2 is 1.71 bits per heavy atom. The molecule has 4 amide bonds. The quantitative estimate of drug-likeness (QED) is 0.180. The molecule has 1 aliphatic heterocycles. The summed E-state index contributed by atoms with van der Waals surface area (Å²) in [6, 6.07) is 6.08. The van der Waals surface area contributed by atoms with Crippen LogP contribution in [0, 0.1) is 5.92 Å². The molecule has 42 heavy (non-hydrogen) atoms. The molecule has 1 unspecified atom stereocenters. The minimum Gasteiger partial charge on any atom is -0.466 e. The maximum Gasteiger partial charge on any atom is 0.387 e. The van der Waals surface area contributed by atoms with Gasteiger partial charge in [-0.1, -0.05) is 44.2 Å². The third-order valence-corrected chi connectivity index (χ3v) is 6.54. The van der Waals surface area contributed by atoms with Crippen LogP contribution in [-0.2, 0) is 40.0 Å². The number of halogens is 2. The number of hydrogen-bond donors (Lipinski definition) is 3. The molecule has 2 rings (SSSR count). The van der Waals surface area contributed by atoms with Gasteiger partial charge < -0.3 is 25.6 Å². The molecule has 0 radical (unpaired) electrons. The summed E-state index contributed by atoms with van der Waals surface area (Å²) in [6.07, 6.45) is -0.00759. The Bertz CT molecular complexity index is 1210. The maximum absolute atomic E-state index is 14.9. The summed E-state index contributed by atoms with van der Waals surface area (Å²) in [5, 5.41) is 6.76. The summed E-state index contributed by atoms with van der Waals surface area (Å²) in [5.41, 5.74) is -0.166. The largest absolute Gasteiger partial charge is 0.466 e. The van der Waals surface area contributed by atoms with Crippen molar-refractivity contribution in [2.75, 3.05) is 13.2 Å². The molecule has 0 saturated carbocycles. The van der Waals surface area contributed by atoms with Crippen molar-refractivity contribution in [1.29, 1.82) is 0 Å². The summed E-state index contributed by atoms with van der Waals surface area (Å²) in [6.45, 7) is 7.59. The van der Waals surface area contributed by atoms with Crippen LogP contribution in [0.25, 0.3) is 0 Å². The van der Waals surface area contributed by atoms with Gasteiger partial charge in [-0.2, -0.15) is 8.78 Å². The van der Waals surface area contributed by atoms with Crippen LogP contribution in [0.4, 0.5) is 8.78 Å². The van der Waals surface area contributed by atoms with Crippen molar-refractivity contribution >= 4 is 35.4 Å². The van der Waals surface area contributed by atoms with Crippen molar-refractivity contribution in [3.63, 3.8) is 0 Å². The van der Waals surface area contributed by atoms with E-state index in [4.69, 9.17) is 4.74 Å². The molecular weight excluding hydrogens is 554 g/mol. The molecule has 230 valence electrons. The first-order valence-electron chi connectivity index (χ1n) is 13.7. The van der Waals surface area contributed by atoms with E-state index in [0.717, 1.165) is 0 Å². The lowest BCUT2D eigenvalue weighted by Crippen LogP contribution is -2.56. The first-order valence-corrected chi connectivity index (χ1v) is 13.7. The molecule has 0 aromatic heterocycles. The van der Waals surface area contributed by atoms with Gasteiger partial charge in [0.15, 0.2) is 0 Å². The van der Waals surface area contributed by atoms with Crippen LogP contribution >= 0.6 is 0 Å². The molecule has 0 bridgehead atoms. The first-order chi connectivity index (χ1) is 19.7. The predicted octanol–water partition coefficient (Wildman–Crippen LogP) is 2.00. The zero-order valence-corrected chi connectivity index (χ0v) is 24.4. The zero-order chi connectivity index (χ0) is 31.6. The van der Waals surface area contributed by atoms with Crippen LogP contribution in [0.5, 0.6) is 0 Å². The summed E-state index contributed by atoms with van der Waals surface area (Å²) in [7, 11) is 0. The van der Waals surface area contributed by atoms with Gasteiger partial charge in [0.2, 0.25) is 17.7 Å². The van der Waals surface area contributed by atoms with Crippen LogP contribution in [0.15, 0.2) is 41.6 Å². The molecule has 1 heterocycles. The molecule has 3 N–H and O–H groups in total. The number of carbonyl (C=O) groups excluding carboxylic acids is 6. The molecule has 1 aliphatic rings. The fourth-order valence-corrected chi connectivity index (χ4v) is 4.33. The van der Waals surface area contributed by atoms with Crippen molar-refractivity contribution in [1.82, 2.24) is 20.9 Å². The number of likely N-dealkylation sites (tertiary alicyclic amines) is 1. The number of esters is 1. The van der Waals surface area contributed by atoms with Crippen LogP contribution in [-0.4, -0.2) is 71.4 Å². The number of rotatable bonds is 13. The van der Waals surface area contributed by atoms with E-state index in [9.17, 15) is 37.5 Å². The summed E-state index contributed by atoms with van der Waals surface area (Å²) in [4.78, 5) is 77.0. The lowest BCUT2D eigenvalue weighted by atomic mass is 10.0. The van der Waals surface area contributed by atoms with Gasteiger partial charge >= 0.3 is 11.9 Å². The summed E-state index contributed by atoms with van der Waals surface area (Å²) in [5.74, 6) is -11.6. The predicted molar refractivity (Wildman–Crippen MR) is 148 cm³/mol. The van der Waals surface area contributed by atoms with Crippen molar-refractivity contribution in [2.24, 2.45) is 5.92 Å². The van der Waals surface area contributed by atoms with Crippen LogP contribution in [0.2, 0.25) is 0 Å². The molecule has 1 aromatic rings. The van der Waals surface area contributed by atoms with E-state index in [-0.39, 0.29) is 31.7 Å². The Morgan fingerprint density at radius 1 is 1.07 bits per heavy atom. The Hall–Kier alpha value is -4.16. The molecule has 1 saturated heterocycles. The zero-order valence-electron chi connectivity index (χ0n) is 24.4. The van der Waals surface area contributed by atoms with Crippen molar-refractivity contribution < 1.29 is 42.3 Å². The van der Waals surface area contributed by atoms with Crippen LogP contribution in [0.1, 0.15) is 59.4 Å². The Morgan fingerprint density at radius 3 is 2.29 bits per heavy atom. The highest BCUT2D eigenvalue weighted by Crippen LogP contribution is 2.24. The monoisotopic (exact) mass is 592 g/mol. The molecule has 11 nitrogen and oxygen atoms in total. The van der Waals surface area contributed by atoms with Gasteiger partial charge in [-0.3, -0.25) is 28.8 Å². The number of ketones is 1. The standard InChI is InChI=1S/C29H38F2N4O7/c1-6-42-22(37)15-21(36)33-24(18(4)5)27(40)35-14-10-13-20(35)26(39)34-23(17(2)3)25(38)29(30,31)28(41)32-16-19-11-8-7-9-12-19/h7-9,11-12,18,20,24H,6,10,13-16H2,1-5H3,(H,32,41)(H,33,36)(H,34,39)/t20?,24-/m0/s1. The molecule has 1 aromatic carbocycles. The fourth-order valence-electron chi connectivity index (χ4n) is 4.33. The van der Waals surface area contributed by atoms with Crippen LogP contribution < -0.4 is 16.0 Å². The van der Waals surface area contributed by atoms with Gasteiger partial charge in [-0.25, -0.2) is 0 Å². The number of alkyl halides is 2. The average Bonchev–Trinajstić information content (AvgIpc) is 3.43. The summed E-state index contributed by atoms with van der Waals surface area (Å²) >= 11 is 0. The Labute approximate surface area is 243 Å². The fraction of sp³-hybridized carbons (Fsp3) is 0.517. The van der Waals surface area contributed by atoms with Gasteiger partial charge in [-0.15, -0.1) is 0 Å². The second-order valence-electron chi connectivity index (χ2n) is 10.4. The van der Waals surface area contributed by atoms with Crippen molar-refractivity contribution in [3.8, 4) is 0 Å². The molecule has 1 fully saturated rings. The smallest absolute Gasteiger partial charge is 0.387 e. The highest BCUT2D eigenvalue weighted by Gasteiger charge is 2.49. The molecule has 0 aliphatic carbocycles. The van der Waals surface area contributed by atoms with Crippen molar-refractivity contribution in [3.05, 3.63) is 47.2 Å². The Kier molecular flexibility index (Phi) is 12.3. The Balaban J connectivity index is 2.14.